The van der Waals surface area contributed by atoms with E-state index in [1.807, 2.05) is 11.8 Å². The van der Waals surface area contributed by atoms with Crippen LogP contribution in [0.25, 0.3) is 0 Å². The summed E-state index contributed by atoms with van der Waals surface area (Å²) in [5.41, 5.74) is 0. The van der Waals surface area contributed by atoms with Crippen molar-refractivity contribution in [2.24, 2.45) is 0 Å². The van der Waals surface area contributed by atoms with Crippen LogP contribution in [0.3, 0.4) is 0 Å². The van der Waals surface area contributed by atoms with Gasteiger partial charge in [0.25, 0.3) is 0 Å². The molecular weight excluding hydrogens is 287 g/mol. The summed E-state index contributed by atoms with van der Waals surface area (Å²) in [5.74, 6) is 0.793. The van der Waals surface area contributed by atoms with Crippen LogP contribution >= 0.6 is 23.4 Å². The van der Waals surface area contributed by atoms with Gasteiger partial charge in [0, 0.05) is 30.2 Å². The molecule has 0 aliphatic carbocycles. The summed E-state index contributed by atoms with van der Waals surface area (Å²) in [7, 11) is 0. The lowest BCUT2D eigenvalue weighted by Gasteiger charge is -2.34. The molecule has 1 aliphatic rings. The quantitative estimate of drug-likeness (QED) is 0.745. The lowest BCUT2D eigenvalue weighted by Crippen LogP contribution is -2.41. The van der Waals surface area contributed by atoms with E-state index in [1.54, 1.807) is 11.8 Å². The molecule has 0 bridgehead atoms. The van der Waals surface area contributed by atoms with E-state index < -0.39 is 12.0 Å². The second-order valence-corrected chi connectivity index (χ2v) is 5.52. The standard InChI is InChI=1S/C10H11ClF3N3S/c1-6-5-18-3-2-17(6)8-4-7(11)15-9(16-8)10(12,13)14/h4,6H,2-3,5H2,1H3. The van der Waals surface area contributed by atoms with Gasteiger partial charge in [-0.15, -0.1) is 0 Å². The average molecular weight is 298 g/mol. The molecule has 2 heterocycles. The van der Waals surface area contributed by atoms with Crippen LogP contribution in [0, 0.1) is 0 Å². The molecule has 100 valence electrons. The van der Waals surface area contributed by atoms with Gasteiger partial charge in [-0.05, 0) is 6.92 Å². The van der Waals surface area contributed by atoms with Gasteiger partial charge in [0.1, 0.15) is 11.0 Å². The topological polar surface area (TPSA) is 29.0 Å². The Bertz CT molecular complexity index is 441. The highest BCUT2D eigenvalue weighted by atomic mass is 35.5. The van der Waals surface area contributed by atoms with E-state index in [2.05, 4.69) is 9.97 Å². The number of nitrogens with zero attached hydrogens (tertiary/aromatic N) is 3. The van der Waals surface area contributed by atoms with Crippen molar-refractivity contribution in [3.63, 3.8) is 0 Å². The fourth-order valence-electron chi connectivity index (χ4n) is 1.75. The summed E-state index contributed by atoms with van der Waals surface area (Å²) in [6, 6.07) is 1.51. The minimum atomic E-state index is -4.58. The second kappa shape index (κ2) is 5.13. The van der Waals surface area contributed by atoms with Crippen molar-refractivity contribution in [2.45, 2.75) is 19.1 Å². The van der Waals surface area contributed by atoms with Crippen LogP contribution in [0.1, 0.15) is 12.7 Å². The molecule has 0 spiro atoms. The first-order valence-corrected chi connectivity index (χ1v) is 6.87. The van der Waals surface area contributed by atoms with Crippen LogP contribution in [0.5, 0.6) is 0 Å². The Kier molecular flexibility index (Phi) is 3.91. The van der Waals surface area contributed by atoms with Crippen molar-refractivity contribution < 1.29 is 13.2 Å². The third kappa shape index (κ3) is 3.00. The molecule has 3 nitrogen and oxygen atoms in total. The molecular formula is C10H11ClF3N3S. The summed E-state index contributed by atoms with van der Waals surface area (Å²) >= 11 is 7.42. The van der Waals surface area contributed by atoms with Crippen LogP contribution < -0.4 is 4.90 Å². The first-order chi connectivity index (χ1) is 8.38. The van der Waals surface area contributed by atoms with E-state index in [0.717, 1.165) is 11.5 Å². The molecule has 1 aliphatic heterocycles. The van der Waals surface area contributed by atoms with Crippen molar-refractivity contribution in [2.75, 3.05) is 23.0 Å². The Morgan fingerprint density at radius 3 is 2.78 bits per heavy atom. The molecule has 1 fully saturated rings. The number of hydrogen-bond donors (Lipinski definition) is 0. The fourth-order valence-corrected chi connectivity index (χ4v) is 2.94. The van der Waals surface area contributed by atoms with E-state index in [9.17, 15) is 13.2 Å². The van der Waals surface area contributed by atoms with Gasteiger partial charge in [0.05, 0.1) is 0 Å². The van der Waals surface area contributed by atoms with Crippen molar-refractivity contribution >= 4 is 29.2 Å². The average Bonchev–Trinajstić information content (AvgIpc) is 2.27. The zero-order valence-corrected chi connectivity index (χ0v) is 11.1. The third-order valence-electron chi connectivity index (χ3n) is 2.60. The number of alkyl halides is 3. The van der Waals surface area contributed by atoms with E-state index in [0.29, 0.717) is 6.54 Å². The van der Waals surface area contributed by atoms with Crippen molar-refractivity contribution in [1.82, 2.24) is 9.97 Å². The number of anilines is 1. The number of hydrogen-bond acceptors (Lipinski definition) is 4. The lowest BCUT2D eigenvalue weighted by molar-refractivity contribution is -0.144. The summed E-state index contributed by atoms with van der Waals surface area (Å²) in [5, 5.41) is -0.183. The molecule has 0 saturated carbocycles. The van der Waals surface area contributed by atoms with Crippen LogP contribution in [0.15, 0.2) is 6.07 Å². The fraction of sp³-hybridized carbons (Fsp3) is 0.600. The minimum Gasteiger partial charge on any atom is -0.352 e. The molecule has 1 atom stereocenters. The summed E-state index contributed by atoms with van der Waals surface area (Å²) in [4.78, 5) is 8.63. The normalized spacial score (nSPS) is 21.2. The molecule has 0 N–H and O–H groups in total. The highest BCUT2D eigenvalue weighted by Crippen LogP contribution is 2.30. The van der Waals surface area contributed by atoms with Gasteiger partial charge in [-0.1, -0.05) is 11.6 Å². The number of halogens is 4. The largest absolute Gasteiger partial charge is 0.451 e. The predicted molar refractivity (Wildman–Crippen MR) is 66.2 cm³/mol. The molecule has 18 heavy (non-hydrogen) atoms. The second-order valence-electron chi connectivity index (χ2n) is 3.99. The van der Waals surface area contributed by atoms with Gasteiger partial charge in [-0.25, -0.2) is 9.97 Å². The first-order valence-electron chi connectivity index (χ1n) is 5.34. The Morgan fingerprint density at radius 2 is 2.17 bits per heavy atom. The molecule has 1 saturated heterocycles. The maximum absolute atomic E-state index is 12.6. The zero-order valence-electron chi connectivity index (χ0n) is 9.54. The number of aromatic nitrogens is 2. The number of thioether (sulfide) groups is 1. The van der Waals surface area contributed by atoms with E-state index in [4.69, 9.17) is 11.6 Å². The monoisotopic (exact) mass is 297 g/mol. The van der Waals surface area contributed by atoms with Gasteiger partial charge in [-0.2, -0.15) is 24.9 Å². The van der Waals surface area contributed by atoms with Gasteiger partial charge in [0.2, 0.25) is 5.82 Å². The summed E-state index contributed by atoms with van der Waals surface area (Å²) in [6.45, 7) is 2.62. The van der Waals surface area contributed by atoms with Crippen molar-refractivity contribution in [3.8, 4) is 0 Å². The van der Waals surface area contributed by atoms with Gasteiger partial charge in [-0.3, -0.25) is 0 Å². The van der Waals surface area contributed by atoms with Gasteiger partial charge < -0.3 is 4.90 Å². The molecule has 0 aromatic carbocycles. The van der Waals surface area contributed by atoms with Crippen molar-refractivity contribution in [3.05, 3.63) is 17.0 Å². The molecule has 2 rings (SSSR count). The number of rotatable bonds is 1. The molecule has 0 radical (unpaired) electrons. The molecule has 1 unspecified atom stereocenters. The smallest absolute Gasteiger partial charge is 0.352 e. The summed E-state index contributed by atoms with van der Waals surface area (Å²) in [6.07, 6.45) is -4.58. The van der Waals surface area contributed by atoms with Crippen LogP contribution in [-0.2, 0) is 6.18 Å². The Labute approximate surface area is 112 Å². The van der Waals surface area contributed by atoms with E-state index in [1.165, 1.54) is 6.07 Å². The highest BCUT2D eigenvalue weighted by Gasteiger charge is 2.36. The summed E-state index contributed by atoms with van der Waals surface area (Å²) < 4.78 is 37.8. The maximum atomic E-state index is 12.6. The third-order valence-corrected chi connectivity index (χ3v) is 3.98. The van der Waals surface area contributed by atoms with Crippen LogP contribution in [0.2, 0.25) is 5.15 Å². The Hall–Kier alpha value is -0.690. The lowest BCUT2D eigenvalue weighted by atomic mass is 10.3. The van der Waals surface area contributed by atoms with Crippen LogP contribution in [-0.4, -0.2) is 34.1 Å². The molecule has 1 aromatic rings. The predicted octanol–water partition coefficient (Wildman–Crippen LogP) is 3.09. The highest BCUT2D eigenvalue weighted by molar-refractivity contribution is 7.99. The Morgan fingerprint density at radius 1 is 1.44 bits per heavy atom. The van der Waals surface area contributed by atoms with Crippen molar-refractivity contribution in [1.29, 1.82) is 0 Å². The zero-order chi connectivity index (χ0) is 13.3. The molecule has 1 aromatic heterocycles. The van der Waals surface area contributed by atoms with Gasteiger partial charge >= 0.3 is 6.18 Å². The van der Waals surface area contributed by atoms with Gasteiger partial charge in [0.15, 0.2) is 0 Å². The first kappa shape index (κ1) is 13.7. The molecule has 0 amide bonds. The van der Waals surface area contributed by atoms with E-state index >= 15 is 0 Å². The maximum Gasteiger partial charge on any atom is 0.451 e. The minimum absolute atomic E-state index is 0.135. The SMILES string of the molecule is CC1CSCCN1c1cc(Cl)nc(C(F)(F)F)n1. The van der Waals surface area contributed by atoms with E-state index in [-0.39, 0.29) is 17.0 Å². The van der Waals surface area contributed by atoms with Crippen LogP contribution in [0.4, 0.5) is 19.0 Å². The Balaban J connectivity index is 2.35. The molecule has 8 heteroatoms.